The number of hydrogen-bond donors (Lipinski definition) is 0. The molecule has 0 heterocycles. The van der Waals surface area contributed by atoms with Crippen molar-refractivity contribution in [3.8, 4) is 56.8 Å². The maximum Gasteiger partial charge on any atom is 0.308 e. The molecule has 0 radical (unpaired) electrons. The summed E-state index contributed by atoms with van der Waals surface area (Å²) < 4.78 is 32.2. The number of methoxy groups -OCH3 is 1. The van der Waals surface area contributed by atoms with E-state index in [0.29, 0.717) is 33.0 Å². The highest BCUT2D eigenvalue weighted by atomic mass is 16.6. The van der Waals surface area contributed by atoms with E-state index in [0.717, 1.165) is 0 Å². The summed E-state index contributed by atoms with van der Waals surface area (Å²) in [5.74, 6) is -1.89. The molecule has 0 aliphatic rings. The fourth-order valence-electron chi connectivity index (χ4n) is 4.54. The third-order valence-electron chi connectivity index (χ3n) is 5.98. The van der Waals surface area contributed by atoms with E-state index >= 15 is 0 Å². The predicted molar refractivity (Wildman–Crippen MR) is 158 cm³/mol. The highest BCUT2D eigenvalue weighted by Gasteiger charge is 2.19. The van der Waals surface area contributed by atoms with Crippen LogP contribution < -0.4 is 28.4 Å². The van der Waals surface area contributed by atoms with Crippen molar-refractivity contribution >= 4 is 40.6 Å². The lowest BCUT2D eigenvalue weighted by atomic mass is 9.90. The first-order valence-electron chi connectivity index (χ1n) is 13.2. The number of carbonyl (C=O) groups is 5. The van der Waals surface area contributed by atoms with E-state index in [1.807, 2.05) is 0 Å². The molecule has 0 aliphatic carbocycles. The van der Waals surface area contributed by atoms with Crippen molar-refractivity contribution in [3.63, 3.8) is 0 Å². The first kappa shape index (κ1) is 31.2. The van der Waals surface area contributed by atoms with E-state index in [9.17, 15) is 24.0 Å². The summed E-state index contributed by atoms with van der Waals surface area (Å²) >= 11 is 0. The molecule has 0 spiro atoms. The predicted octanol–water partition coefficient (Wildman–Crippen LogP) is 5.81. The SMILES string of the molecule is COc1cc(-c2cc3cc(OC(C)=O)cc(OC(C)=O)c3cc2-c2cc(OC(C)=O)cc(OC(C)=O)c2)ccc1OC(C)=O. The van der Waals surface area contributed by atoms with Crippen molar-refractivity contribution in [2.24, 2.45) is 0 Å². The lowest BCUT2D eigenvalue weighted by Gasteiger charge is -2.18. The molecule has 4 aromatic rings. The Hall–Kier alpha value is -5.71. The molecule has 0 aromatic heterocycles. The van der Waals surface area contributed by atoms with E-state index in [1.165, 1.54) is 53.9 Å². The number of ether oxygens (including phenoxy) is 6. The van der Waals surface area contributed by atoms with E-state index in [2.05, 4.69) is 0 Å². The van der Waals surface area contributed by atoms with Gasteiger partial charge in [0.05, 0.1) is 7.11 Å². The van der Waals surface area contributed by atoms with Crippen molar-refractivity contribution in [2.45, 2.75) is 34.6 Å². The number of esters is 5. The Morgan fingerprint density at radius 2 is 0.955 bits per heavy atom. The molecular formula is C33H28O11. The van der Waals surface area contributed by atoms with Gasteiger partial charge >= 0.3 is 29.8 Å². The zero-order valence-electron chi connectivity index (χ0n) is 24.8. The minimum atomic E-state index is -0.600. The molecule has 0 amide bonds. The zero-order valence-corrected chi connectivity index (χ0v) is 24.8. The van der Waals surface area contributed by atoms with Crippen LogP contribution in [0.5, 0.6) is 34.5 Å². The van der Waals surface area contributed by atoms with Crippen molar-refractivity contribution in [2.75, 3.05) is 7.11 Å². The van der Waals surface area contributed by atoms with Crippen LogP contribution >= 0.6 is 0 Å². The van der Waals surface area contributed by atoms with E-state index in [-0.39, 0.29) is 34.5 Å². The van der Waals surface area contributed by atoms with Gasteiger partial charge in [-0.05, 0) is 70.1 Å². The number of fused-ring (bicyclic) bond motifs is 1. The third-order valence-corrected chi connectivity index (χ3v) is 5.98. The number of carbonyl (C=O) groups excluding carboxylic acids is 5. The molecule has 226 valence electrons. The van der Waals surface area contributed by atoms with Crippen LogP contribution in [-0.4, -0.2) is 37.0 Å². The van der Waals surface area contributed by atoms with Crippen molar-refractivity contribution < 1.29 is 52.4 Å². The standard InChI is InChI=1S/C33H28O11/c1-17(34)40-25-9-23(10-26(14-25)41-18(2)35)29-16-30-24(11-27(42-19(3)36)15-32(30)44-21(5)38)12-28(29)22-7-8-31(43-20(4)37)33(13-22)39-6/h7-16H,1-6H3. The average molecular weight is 601 g/mol. The molecule has 4 aromatic carbocycles. The fraction of sp³-hybridized carbons (Fsp3) is 0.182. The second kappa shape index (κ2) is 13.1. The van der Waals surface area contributed by atoms with Crippen LogP contribution in [0.15, 0.2) is 60.7 Å². The average Bonchev–Trinajstić information content (AvgIpc) is 2.90. The number of hydrogen-bond acceptors (Lipinski definition) is 11. The molecule has 0 atom stereocenters. The summed E-state index contributed by atoms with van der Waals surface area (Å²) in [5.41, 5.74) is 2.20. The molecule has 4 rings (SSSR count). The molecule has 11 nitrogen and oxygen atoms in total. The fourth-order valence-corrected chi connectivity index (χ4v) is 4.54. The quantitative estimate of drug-likeness (QED) is 0.179. The molecule has 0 saturated heterocycles. The zero-order chi connectivity index (χ0) is 32.1. The topological polar surface area (TPSA) is 141 Å². The lowest BCUT2D eigenvalue weighted by molar-refractivity contribution is -0.133. The van der Waals surface area contributed by atoms with Crippen LogP contribution in [0.25, 0.3) is 33.0 Å². The minimum Gasteiger partial charge on any atom is -0.493 e. The Balaban J connectivity index is 2.09. The van der Waals surface area contributed by atoms with Crippen LogP contribution in [0.1, 0.15) is 34.6 Å². The van der Waals surface area contributed by atoms with Crippen LogP contribution in [-0.2, 0) is 24.0 Å². The minimum absolute atomic E-state index is 0.116. The van der Waals surface area contributed by atoms with Crippen molar-refractivity contribution in [1.29, 1.82) is 0 Å². The molecule has 0 bridgehead atoms. The Kier molecular flexibility index (Phi) is 9.28. The summed E-state index contributed by atoms with van der Waals surface area (Å²) in [6.07, 6.45) is 0. The normalized spacial score (nSPS) is 10.5. The van der Waals surface area contributed by atoms with E-state index in [4.69, 9.17) is 28.4 Å². The summed E-state index contributed by atoms with van der Waals surface area (Å²) in [4.78, 5) is 59.1. The summed E-state index contributed by atoms with van der Waals surface area (Å²) in [5, 5.41) is 1.02. The summed E-state index contributed by atoms with van der Waals surface area (Å²) in [6, 6.07) is 16.1. The van der Waals surface area contributed by atoms with E-state index < -0.39 is 29.8 Å². The Morgan fingerprint density at radius 3 is 1.48 bits per heavy atom. The van der Waals surface area contributed by atoms with Gasteiger partial charge in [-0.1, -0.05) is 6.07 Å². The lowest BCUT2D eigenvalue weighted by Crippen LogP contribution is -2.05. The van der Waals surface area contributed by atoms with Crippen LogP contribution in [0.3, 0.4) is 0 Å². The van der Waals surface area contributed by atoms with Gasteiger partial charge in [0.25, 0.3) is 0 Å². The van der Waals surface area contributed by atoms with Crippen LogP contribution in [0.2, 0.25) is 0 Å². The smallest absolute Gasteiger partial charge is 0.308 e. The van der Waals surface area contributed by atoms with Gasteiger partial charge in [-0.2, -0.15) is 0 Å². The van der Waals surface area contributed by atoms with Gasteiger partial charge in [-0.15, -0.1) is 0 Å². The largest absolute Gasteiger partial charge is 0.493 e. The Morgan fingerprint density at radius 1 is 0.455 bits per heavy atom. The summed E-state index contributed by atoms with van der Waals surface area (Å²) in [6.45, 7) is 6.24. The molecule has 44 heavy (non-hydrogen) atoms. The molecule has 0 saturated carbocycles. The maximum atomic E-state index is 12.0. The maximum absolute atomic E-state index is 12.0. The van der Waals surface area contributed by atoms with E-state index in [1.54, 1.807) is 48.5 Å². The van der Waals surface area contributed by atoms with Gasteiger partial charge in [-0.25, -0.2) is 0 Å². The number of benzene rings is 4. The molecule has 0 N–H and O–H groups in total. The Bertz CT molecular complexity index is 1790. The van der Waals surface area contributed by atoms with Crippen molar-refractivity contribution in [1.82, 2.24) is 0 Å². The molecule has 0 aliphatic heterocycles. The van der Waals surface area contributed by atoms with Gasteiger partial charge in [0.2, 0.25) is 0 Å². The second-order valence-corrected chi connectivity index (χ2v) is 9.57. The highest BCUT2D eigenvalue weighted by molar-refractivity contribution is 6.01. The Labute approximate surface area is 252 Å². The third kappa shape index (κ3) is 7.57. The van der Waals surface area contributed by atoms with Crippen LogP contribution in [0.4, 0.5) is 0 Å². The molecular weight excluding hydrogens is 572 g/mol. The highest BCUT2D eigenvalue weighted by Crippen LogP contribution is 2.44. The van der Waals surface area contributed by atoms with Crippen LogP contribution in [0, 0.1) is 0 Å². The first-order chi connectivity index (χ1) is 20.8. The van der Waals surface area contributed by atoms with Gasteiger partial charge < -0.3 is 28.4 Å². The van der Waals surface area contributed by atoms with Gasteiger partial charge in [0.15, 0.2) is 11.5 Å². The molecule has 0 unspecified atom stereocenters. The second-order valence-electron chi connectivity index (χ2n) is 9.57. The molecule has 0 fully saturated rings. The van der Waals surface area contributed by atoms with Gasteiger partial charge in [-0.3, -0.25) is 24.0 Å². The van der Waals surface area contributed by atoms with Crippen molar-refractivity contribution in [3.05, 3.63) is 60.7 Å². The van der Waals surface area contributed by atoms with Gasteiger partial charge in [0, 0.05) is 52.1 Å². The summed E-state index contributed by atoms with van der Waals surface area (Å²) in [7, 11) is 1.43. The first-order valence-corrected chi connectivity index (χ1v) is 13.2. The molecule has 11 heteroatoms. The number of rotatable bonds is 8. The monoisotopic (exact) mass is 600 g/mol. The van der Waals surface area contributed by atoms with Gasteiger partial charge in [0.1, 0.15) is 23.0 Å².